The lowest BCUT2D eigenvalue weighted by atomic mass is 10.3. The van der Waals surface area contributed by atoms with Crippen LogP contribution in [0.15, 0.2) is 0 Å². The first kappa shape index (κ1) is 16.6. The lowest BCUT2D eigenvalue weighted by Gasteiger charge is -2.07. The Morgan fingerprint density at radius 2 is 1.78 bits per heavy atom. The molecule has 3 amide bonds. The standard InChI is InChI=1S/C8H11F3N2O4S/c9-8(10,11)18-4-3-12-7(17)13-5(14)1-2-6(15)16/h1-4H2,(H,15,16)(H2,12,13,14,17). The van der Waals surface area contributed by atoms with E-state index in [4.69, 9.17) is 5.11 Å². The Balaban J connectivity index is 3.65. The smallest absolute Gasteiger partial charge is 0.441 e. The summed E-state index contributed by atoms with van der Waals surface area (Å²) in [5.41, 5.74) is -4.37. The van der Waals surface area contributed by atoms with Gasteiger partial charge in [0.05, 0.1) is 6.42 Å². The van der Waals surface area contributed by atoms with Gasteiger partial charge in [-0.2, -0.15) is 13.2 Å². The van der Waals surface area contributed by atoms with Gasteiger partial charge in [-0.3, -0.25) is 14.9 Å². The number of alkyl halides is 3. The van der Waals surface area contributed by atoms with Crippen molar-refractivity contribution < 1.29 is 32.7 Å². The zero-order chi connectivity index (χ0) is 14.2. The topological polar surface area (TPSA) is 95.5 Å². The fraction of sp³-hybridized carbons (Fsp3) is 0.625. The van der Waals surface area contributed by atoms with Crippen molar-refractivity contribution in [2.75, 3.05) is 12.3 Å². The third kappa shape index (κ3) is 11.0. The molecule has 0 aliphatic heterocycles. The predicted molar refractivity (Wildman–Crippen MR) is 56.9 cm³/mol. The molecule has 0 rings (SSSR count). The fourth-order valence-electron chi connectivity index (χ4n) is 0.785. The van der Waals surface area contributed by atoms with E-state index in [1.807, 2.05) is 5.32 Å². The lowest BCUT2D eigenvalue weighted by molar-refractivity contribution is -0.138. The van der Waals surface area contributed by atoms with Gasteiger partial charge in [0, 0.05) is 18.7 Å². The number of carboxylic acid groups (broad SMARTS) is 1. The summed E-state index contributed by atoms with van der Waals surface area (Å²) >= 11 is -0.297. The van der Waals surface area contributed by atoms with Gasteiger partial charge < -0.3 is 10.4 Å². The summed E-state index contributed by atoms with van der Waals surface area (Å²) in [6.07, 6.45) is -0.802. The van der Waals surface area contributed by atoms with Crippen molar-refractivity contribution >= 4 is 29.7 Å². The fourth-order valence-corrected chi connectivity index (χ4v) is 1.22. The summed E-state index contributed by atoms with van der Waals surface area (Å²) in [7, 11) is 0. The highest BCUT2D eigenvalue weighted by molar-refractivity contribution is 8.00. The minimum atomic E-state index is -4.37. The zero-order valence-corrected chi connectivity index (χ0v) is 9.86. The molecule has 0 aliphatic carbocycles. The van der Waals surface area contributed by atoms with E-state index in [-0.39, 0.29) is 30.5 Å². The number of carboxylic acids is 1. The van der Waals surface area contributed by atoms with Crippen molar-refractivity contribution in [1.29, 1.82) is 0 Å². The molecule has 0 fully saturated rings. The van der Waals surface area contributed by atoms with Crippen molar-refractivity contribution in [3.05, 3.63) is 0 Å². The first-order valence-electron chi connectivity index (χ1n) is 4.71. The second-order valence-electron chi connectivity index (χ2n) is 2.99. The van der Waals surface area contributed by atoms with Crippen molar-refractivity contribution in [2.45, 2.75) is 18.3 Å². The van der Waals surface area contributed by atoms with Gasteiger partial charge in [-0.15, -0.1) is 0 Å². The third-order valence-corrected chi connectivity index (χ3v) is 2.21. The van der Waals surface area contributed by atoms with Gasteiger partial charge in [-0.25, -0.2) is 4.79 Å². The molecule has 0 atom stereocenters. The molecule has 0 aliphatic rings. The number of aliphatic carboxylic acids is 1. The molecule has 10 heteroatoms. The highest BCUT2D eigenvalue weighted by Gasteiger charge is 2.27. The third-order valence-electron chi connectivity index (χ3n) is 1.47. The second kappa shape index (κ2) is 7.80. The first-order valence-corrected chi connectivity index (χ1v) is 5.69. The Morgan fingerprint density at radius 1 is 1.17 bits per heavy atom. The maximum Gasteiger partial charge on any atom is 0.441 e. The molecule has 0 saturated carbocycles. The summed E-state index contributed by atoms with van der Waals surface area (Å²) in [6, 6.07) is -0.951. The number of carbonyl (C=O) groups is 3. The van der Waals surface area contributed by atoms with Crippen LogP contribution in [0.2, 0.25) is 0 Å². The molecule has 0 aromatic heterocycles. The van der Waals surface area contributed by atoms with Gasteiger partial charge in [0.15, 0.2) is 0 Å². The highest BCUT2D eigenvalue weighted by atomic mass is 32.2. The molecule has 18 heavy (non-hydrogen) atoms. The van der Waals surface area contributed by atoms with Crippen LogP contribution in [0, 0.1) is 0 Å². The highest BCUT2D eigenvalue weighted by Crippen LogP contribution is 2.29. The lowest BCUT2D eigenvalue weighted by Crippen LogP contribution is -2.40. The van der Waals surface area contributed by atoms with Crippen LogP contribution < -0.4 is 10.6 Å². The average Bonchev–Trinajstić information content (AvgIpc) is 2.20. The van der Waals surface area contributed by atoms with Crippen LogP contribution >= 0.6 is 11.8 Å². The average molecular weight is 288 g/mol. The number of nitrogens with one attached hydrogen (secondary N) is 2. The van der Waals surface area contributed by atoms with E-state index >= 15 is 0 Å². The second-order valence-corrected chi connectivity index (χ2v) is 4.15. The van der Waals surface area contributed by atoms with E-state index in [0.717, 1.165) is 0 Å². The van der Waals surface area contributed by atoms with Crippen molar-refractivity contribution in [3.8, 4) is 0 Å². The van der Waals surface area contributed by atoms with Crippen LogP contribution in [0.4, 0.5) is 18.0 Å². The van der Waals surface area contributed by atoms with Gasteiger partial charge >= 0.3 is 17.5 Å². The molecule has 104 valence electrons. The number of urea groups is 1. The van der Waals surface area contributed by atoms with Crippen LogP contribution in [0.5, 0.6) is 0 Å². The number of halogens is 3. The molecule has 6 nitrogen and oxygen atoms in total. The Kier molecular flexibility index (Phi) is 7.17. The molecule has 0 saturated heterocycles. The molecule has 0 aromatic carbocycles. The molecule has 0 unspecified atom stereocenters. The van der Waals surface area contributed by atoms with Crippen molar-refractivity contribution in [1.82, 2.24) is 10.6 Å². The maximum atomic E-state index is 11.7. The van der Waals surface area contributed by atoms with Gasteiger partial charge in [0.25, 0.3) is 0 Å². The summed E-state index contributed by atoms with van der Waals surface area (Å²) in [6.45, 7) is -0.262. The number of thioether (sulfide) groups is 1. The first-order chi connectivity index (χ1) is 8.20. The van der Waals surface area contributed by atoms with Crippen LogP contribution in [-0.2, 0) is 9.59 Å². The molecule has 0 aromatic rings. The van der Waals surface area contributed by atoms with E-state index in [9.17, 15) is 27.6 Å². The summed E-state index contributed by atoms with van der Waals surface area (Å²) in [5.74, 6) is -2.37. The summed E-state index contributed by atoms with van der Waals surface area (Å²) in [5, 5.41) is 12.1. The summed E-state index contributed by atoms with van der Waals surface area (Å²) in [4.78, 5) is 32.0. The number of hydrogen-bond acceptors (Lipinski definition) is 4. The molecule has 0 bridgehead atoms. The van der Waals surface area contributed by atoms with Crippen molar-refractivity contribution in [3.63, 3.8) is 0 Å². The largest absolute Gasteiger partial charge is 0.481 e. The van der Waals surface area contributed by atoms with Gasteiger partial charge in [0.1, 0.15) is 0 Å². The van der Waals surface area contributed by atoms with Crippen LogP contribution in [0.25, 0.3) is 0 Å². The Morgan fingerprint density at radius 3 is 2.28 bits per heavy atom. The van der Waals surface area contributed by atoms with E-state index in [0.29, 0.717) is 0 Å². The van der Waals surface area contributed by atoms with Gasteiger partial charge in [-0.05, 0) is 11.8 Å². The minimum absolute atomic E-state index is 0.262. The molecular formula is C8H11F3N2O4S. The monoisotopic (exact) mass is 288 g/mol. The summed E-state index contributed by atoms with van der Waals surface area (Å²) < 4.78 is 35.1. The van der Waals surface area contributed by atoms with Gasteiger partial charge in [-0.1, -0.05) is 0 Å². The Labute approximate surface area is 104 Å². The predicted octanol–water partition coefficient (Wildman–Crippen LogP) is 0.930. The quantitative estimate of drug-likeness (QED) is 0.632. The molecule has 3 N–H and O–H groups in total. The van der Waals surface area contributed by atoms with E-state index < -0.39 is 29.8 Å². The SMILES string of the molecule is O=C(O)CCC(=O)NC(=O)NCCSC(F)(F)F. The molecule has 0 spiro atoms. The number of rotatable bonds is 6. The normalized spacial score (nSPS) is 10.8. The van der Waals surface area contributed by atoms with Crippen LogP contribution in [0.1, 0.15) is 12.8 Å². The van der Waals surface area contributed by atoms with Crippen molar-refractivity contribution in [2.24, 2.45) is 0 Å². The van der Waals surface area contributed by atoms with E-state index in [2.05, 4.69) is 0 Å². The zero-order valence-electron chi connectivity index (χ0n) is 9.04. The van der Waals surface area contributed by atoms with Gasteiger partial charge in [0.2, 0.25) is 5.91 Å². The van der Waals surface area contributed by atoms with E-state index in [1.54, 1.807) is 5.32 Å². The van der Waals surface area contributed by atoms with Crippen LogP contribution in [0.3, 0.4) is 0 Å². The maximum absolute atomic E-state index is 11.7. The Bertz CT molecular complexity index is 322. The number of amides is 3. The minimum Gasteiger partial charge on any atom is -0.481 e. The molecule has 0 radical (unpaired) electrons. The number of carbonyl (C=O) groups excluding carboxylic acids is 2. The number of imide groups is 1. The van der Waals surface area contributed by atoms with Crippen LogP contribution in [-0.4, -0.2) is 40.8 Å². The molecular weight excluding hydrogens is 277 g/mol. The number of hydrogen-bond donors (Lipinski definition) is 3. The Hall–Kier alpha value is -1.45. The molecule has 0 heterocycles. The van der Waals surface area contributed by atoms with E-state index in [1.165, 1.54) is 0 Å².